The number of benzene rings is 1. The van der Waals surface area contributed by atoms with Crippen LogP contribution in [0.5, 0.6) is 0 Å². The van der Waals surface area contributed by atoms with Crippen LogP contribution < -0.4 is 0 Å². The normalized spacial score (nSPS) is 18.4. The summed E-state index contributed by atoms with van der Waals surface area (Å²) in [5.41, 5.74) is 0.608. The Morgan fingerprint density at radius 1 is 1.19 bits per heavy atom. The van der Waals surface area contributed by atoms with Gasteiger partial charge in [0.15, 0.2) is 5.76 Å². The van der Waals surface area contributed by atoms with E-state index >= 15 is 0 Å². The van der Waals surface area contributed by atoms with E-state index in [0.29, 0.717) is 25.0 Å². The van der Waals surface area contributed by atoms with Crippen molar-refractivity contribution in [2.75, 3.05) is 13.1 Å². The summed E-state index contributed by atoms with van der Waals surface area (Å²) >= 11 is 0. The Balaban J connectivity index is 1.52. The maximum atomic E-state index is 12.7. The second kappa shape index (κ2) is 6.15. The van der Waals surface area contributed by atoms with Gasteiger partial charge in [-0.3, -0.25) is 4.79 Å². The number of para-hydroxylation sites is 1. The summed E-state index contributed by atoms with van der Waals surface area (Å²) in [4.78, 5) is 14.2. The molecular formula is C17H14F3N3O3. The monoisotopic (exact) mass is 365 g/mol. The smallest absolute Gasteiger partial charge is 0.451 e. The molecule has 0 aliphatic carbocycles. The van der Waals surface area contributed by atoms with E-state index in [1.807, 2.05) is 18.2 Å². The highest BCUT2D eigenvalue weighted by atomic mass is 19.4. The van der Waals surface area contributed by atoms with Crippen LogP contribution in [0.4, 0.5) is 13.2 Å². The van der Waals surface area contributed by atoms with Gasteiger partial charge in [-0.1, -0.05) is 18.2 Å². The molecule has 0 saturated carbocycles. The molecule has 1 saturated heterocycles. The van der Waals surface area contributed by atoms with Crippen LogP contribution in [-0.2, 0) is 6.18 Å². The number of alkyl halides is 3. The lowest BCUT2D eigenvalue weighted by Crippen LogP contribution is -2.39. The molecule has 0 bridgehead atoms. The second-order valence-corrected chi connectivity index (χ2v) is 6.18. The van der Waals surface area contributed by atoms with Crippen LogP contribution in [0.2, 0.25) is 0 Å². The van der Waals surface area contributed by atoms with Gasteiger partial charge in [-0.2, -0.15) is 13.2 Å². The average molecular weight is 365 g/mol. The van der Waals surface area contributed by atoms with Gasteiger partial charge in [-0.15, -0.1) is 10.2 Å². The Kier molecular flexibility index (Phi) is 3.93. The standard InChI is InChI=1S/C17H14F3N3O3/c18-17(19,20)16-22-21-14(26-16)11-5-3-7-23(9-11)15(24)13-8-10-4-1-2-6-12(10)25-13/h1-2,4,6,8,11H,3,5,7,9H2/t11-/m1/s1. The number of fused-ring (bicyclic) bond motifs is 1. The summed E-state index contributed by atoms with van der Waals surface area (Å²) in [5, 5.41) is 7.38. The molecule has 0 radical (unpaired) electrons. The molecule has 6 nitrogen and oxygen atoms in total. The predicted molar refractivity (Wildman–Crippen MR) is 83.4 cm³/mol. The summed E-state index contributed by atoms with van der Waals surface area (Å²) in [6.45, 7) is 0.696. The summed E-state index contributed by atoms with van der Waals surface area (Å²) < 4.78 is 48.2. The number of rotatable bonds is 2. The SMILES string of the molecule is O=C(c1cc2ccccc2o1)N1CCC[C@@H](c2nnc(C(F)(F)F)o2)C1. The Morgan fingerprint density at radius 3 is 2.73 bits per heavy atom. The number of hydrogen-bond donors (Lipinski definition) is 0. The maximum Gasteiger partial charge on any atom is 0.470 e. The first kappa shape index (κ1) is 16.6. The summed E-state index contributed by atoms with van der Waals surface area (Å²) in [5.74, 6) is -2.00. The zero-order valence-electron chi connectivity index (χ0n) is 13.5. The van der Waals surface area contributed by atoms with Crippen molar-refractivity contribution in [2.24, 2.45) is 0 Å². The lowest BCUT2D eigenvalue weighted by Gasteiger charge is -2.30. The van der Waals surface area contributed by atoms with Crippen molar-refractivity contribution < 1.29 is 26.8 Å². The lowest BCUT2D eigenvalue weighted by atomic mass is 9.98. The third-order valence-corrected chi connectivity index (χ3v) is 4.38. The molecule has 3 aromatic rings. The van der Waals surface area contributed by atoms with Gasteiger partial charge < -0.3 is 13.7 Å². The maximum absolute atomic E-state index is 12.7. The number of carbonyl (C=O) groups is 1. The molecule has 0 spiro atoms. The van der Waals surface area contributed by atoms with Crippen molar-refractivity contribution >= 4 is 16.9 Å². The Labute approximate surface area is 145 Å². The highest BCUT2D eigenvalue weighted by molar-refractivity contribution is 5.96. The number of nitrogens with zero attached hydrogens (tertiary/aromatic N) is 3. The van der Waals surface area contributed by atoms with Crippen LogP contribution in [0.25, 0.3) is 11.0 Å². The lowest BCUT2D eigenvalue weighted by molar-refractivity contribution is -0.157. The molecule has 1 aliphatic rings. The average Bonchev–Trinajstić information content (AvgIpc) is 3.28. The highest BCUT2D eigenvalue weighted by Gasteiger charge is 2.39. The molecule has 1 atom stereocenters. The Morgan fingerprint density at radius 2 is 2.00 bits per heavy atom. The highest BCUT2D eigenvalue weighted by Crippen LogP contribution is 2.32. The fraction of sp³-hybridized carbons (Fsp3) is 0.353. The number of likely N-dealkylation sites (tertiary alicyclic amines) is 1. The largest absolute Gasteiger partial charge is 0.470 e. The van der Waals surface area contributed by atoms with Gasteiger partial charge in [-0.25, -0.2) is 0 Å². The molecule has 1 fully saturated rings. The van der Waals surface area contributed by atoms with E-state index in [9.17, 15) is 18.0 Å². The van der Waals surface area contributed by atoms with Crippen molar-refractivity contribution in [3.05, 3.63) is 47.9 Å². The van der Waals surface area contributed by atoms with Gasteiger partial charge in [0.05, 0.1) is 5.92 Å². The van der Waals surface area contributed by atoms with Gasteiger partial charge in [-0.05, 0) is 25.0 Å². The van der Waals surface area contributed by atoms with Gasteiger partial charge in [0, 0.05) is 18.5 Å². The molecule has 0 unspecified atom stereocenters. The minimum atomic E-state index is -4.68. The minimum Gasteiger partial charge on any atom is -0.451 e. The number of carbonyl (C=O) groups excluding carboxylic acids is 1. The van der Waals surface area contributed by atoms with Crippen LogP contribution in [-0.4, -0.2) is 34.1 Å². The van der Waals surface area contributed by atoms with Gasteiger partial charge in [0.25, 0.3) is 5.91 Å². The zero-order chi connectivity index (χ0) is 18.3. The van der Waals surface area contributed by atoms with Crippen molar-refractivity contribution in [3.63, 3.8) is 0 Å². The van der Waals surface area contributed by atoms with E-state index in [2.05, 4.69) is 10.2 Å². The van der Waals surface area contributed by atoms with E-state index in [4.69, 9.17) is 8.83 Å². The molecule has 1 amide bonds. The van der Waals surface area contributed by atoms with Crippen molar-refractivity contribution in [3.8, 4) is 0 Å². The number of furan rings is 1. The second-order valence-electron chi connectivity index (χ2n) is 6.18. The number of piperidine rings is 1. The van der Waals surface area contributed by atoms with Crippen molar-refractivity contribution in [1.82, 2.24) is 15.1 Å². The topological polar surface area (TPSA) is 72.4 Å². The van der Waals surface area contributed by atoms with E-state index in [1.165, 1.54) is 0 Å². The fourth-order valence-electron chi connectivity index (χ4n) is 3.12. The third kappa shape index (κ3) is 3.04. The molecule has 9 heteroatoms. The summed E-state index contributed by atoms with van der Waals surface area (Å²) in [6, 6.07) is 8.92. The van der Waals surface area contributed by atoms with E-state index in [0.717, 1.165) is 5.39 Å². The quantitative estimate of drug-likeness (QED) is 0.690. The Bertz CT molecular complexity index is 914. The summed E-state index contributed by atoms with van der Waals surface area (Å²) in [7, 11) is 0. The molecular weight excluding hydrogens is 351 g/mol. The van der Waals surface area contributed by atoms with E-state index in [1.54, 1.807) is 17.0 Å². The Hall–Kier alpha value is -2.84. The first-order valence-electron chi connectivity index (χ1n) is 8.10. The molecule has 3 heterocycles. The number of hydrogen-bond acceptors (Lipinski definition) is 5. The van der Waals surface area contributed by atoms with Gasteiger partial charge >= 0.3 is 12.1 Å². The molecule has 1 aliphatic heterocycles. The van der Waals surface area contributed by atoms with Crippen LogP contribution in [0.3, 0.4) is 0 Å². The number of halogens is 3. The molecule has 0 N–H and O–H groups in total. The van der Waals surface area contributed by atoms with Crippen LogP contribution in [0.15, 0.2) is 39.2 Å². The number of aromatic nitrogens is 2. The molecule has 2 aromatic heterocycles. The third-order valence-electron chi connectivity index (χ3n) is 4.38. The first-order valence-corrected chi connectivity index (χ1v) is 8.10. The molecule has 1 aromatic carbocycles. The summed E-state index contributed by atoms with van der Waals surface area (Å²) in [6.07, 6.45) is -3.48. The van der Waals surface area contributed by atoms with Crippen molar-refractivity contribution in [2.45, 2.75) is 24.9 Å². The molecule has 26 heavy (non-hydrogen) atoms. The predicted octanol–water partition coefficient (Wildman–Crippen LogP) is 3.85. The van der Waals surface area contributed by atoms with E-state index < -0.39 is 18.0 Å². The molecule has 136 valence electrons. The van der Waals surface area contributed by atoms with Gasteiger partial charge in [0.1, 0.15) is 5.58 Å². The fourth-order valence-corrected chi connectivity index (χ4v) is 3.12. The van der Waals surface area contributed by atoms with Gasteiger partial charge in [0.2, 0.25) is 5.89 Å². The zero-order valence-corrected chi connectivity index (χ0v) is 13.5. The minimum absolute atomic E-state index is 0.0977. The van der Waals surface area contributed by atoms with Crippen LogP contribution >= 0.6 is 0 Å². The van der Waals surface area contributed by atoms with Crippen molar-refractivity contribution in [1.29, 1.82) is 0 Å². The molecule has 4 rings (SSSR count). The first-order chi connectivity index (χ1) is 12.4. The number of amides is 1. The van der Waals surface area contributed by atoms with Crippen LogP contribution in [0.1, 0.15) is 41.1 Å². The van der Waals surface area contributed by atoms with Crippen LogP contribution in [0, 0.1) is 0 Å². The van der Waals surface area contributed by atoms with E-state index in [-0.39, 0.29) is 24.1 Å².